The van der Waals surface area contributed by atoms with E-state index in [1.165, 1.54) is 0 Å². The number of ether oxygens (including phenoxy) is 1. The number of hydrogen-bond acceptors (Lipinski definition) is 6. The molecule has 27 heavy (non-hydrogen) atoms. The molecule has 1 fully saturated rings. The molecule has 0 amide bonds. The summed E-state index contributed by atoms with van der Waals surface area (Å²) < 4.78 is 7.51. The Bertz CT molecular complexity index is 884. The third kappa shape index (κ3) is 3.80. The summed E-state index contributed by atoms with van der Waals surface area (Å²) in [6.45, 7) is 0.964. The van der Waals surface area contributed by atoms with Gasteiger partial charge in [0.1, 0.15) is 11.6 Å². The van der Waals surface area contributed by atoms with Crippen molar-refractivity contribution in [3.05, 3.63) is 49.1 Å². The monoisotopic (exact) mass is 387 g/mol. The Labute approximate surface area is 163 Å². The molecule has 0 radical (unpaired) electrons. The largest absolute Gasteiger partial charge is 0.496 e. The van der Waals surface area contributed by atoms with Crippen LogP contribution < -0.4 is 10.1 Å². The standard InChI is InChI=1S/C19H21N5O2.ClH/c1-26-17-5-3-2-4-16(17)18-22-9-13(10-23-18)19-20-6-7-24(19)15-8-14(12-25)21-11-15;/h2-7,9-10,14-15,21,25H,8,11-12H2,1H3;1H/t14-,15+;/m1./s1. The van der Waals surface area contributed by atoms with Gasteiger partial charge in [-0.05, 0) is 18.6 Å². The second kappa shape index (κ2) is 8.47. The molecular formula is C19H22ClN5O2. The molecule has 4 rings (SSSR count). The first-order chi connectivity index (χ1) is 12.8. The minimum absolute atomic E-state index is 0. The Morgan fingerprint density at radius 1 is 1.22 bits per heavy atom. The van der Waals surface area contributed by atoms with E-state index in [1.807, 2.05) is 30.5 Å². The molecule has 2 N–H and O–H groups in total. The second-order valence-electron chi connectivity index (χ2n) is 6.33. The zero-order valence-electron chi connectivity index (χ0n) is 14.9. The number of hydrogen-bond donors (Lipinski definition) is 2. The average Bonchev–Trinajstić information content (AvgIpc) is 3.37. The van der Waals surface area contributed by atoms with E-state index in [4.69, 9.17) is 4.74 Å². The summed E-state index contributed by atoms with van der Waals surface area (Å²) in [4.78, 5) is 13.5. The Balaban J connectivity index is 0.00000210. The lowest BCUT2D eigenvalue weighted by Gasteiger charge is -2.14. The van der Waals surface area contributed by atoms with Crippen LogP contribution in [0.25, 0.3) is 22.8 Å². The van der Waals surface area contributed by atoms with Gasteiger partial charge in [-0.2, -0.15) is 0 Å². The molecule has 2 aromatic heterocycles. The first kappa shape index (κ1) is 19.3. The number of halogens is 1. The maximum absolute atomic E-state index is 9.33. The van der Waals surface area contributed by atoms with Gasteiger partial charge in [-0.15, -0.1) is 12.4 Å². The van der Waals surface area contributed by atoms with Crippen LogP contribution in [-0.4, -0.2) is 50.9 Å². The van der Waals surface area contributed by atoms with Crippen LogP contribution in [0.2, 0.25) is 0 Å². The van der Waals surface area contributed by atoms with Crippen LogP contribution in [0, 0.1) is 0 Å². The molecule has 0 bridgehead atoms. The highest BCUT2D eigenvalue weighted by Gasteiger charge is 2.26. The number of benzene rings is 1. The molecule has 2 atom stereocenters. The number of aromatic nitrogens is 4. The number of aliphatic hydroxyl groups is 1. The lowest BCUT2D eigenvalue weighted by Crippen LogP contribution is -2.24. The molecule has 0 unspecified atom stereocenters. The third-order valence-corrected chi connectivity index (χ3v) is 4.74. The van der Waals surface area contributed by atoms with Crippen LogP contribution in [0.1, 0.15) is 12.5 Å². The highest BCUT2D eigenvalue weighted by Crippen LogP contribution is 2.29. The second-order valence-corrected chi connectivity index (χ2v) is 6.33. The summed E-state index contributed by atoms with van der Waals surface area (Å²) in [5.74, 6) is 2.20. The Morgan fingerprint density at radius 3 is 2.70 bits per heavy atom. The SMILES string of the molecule is COc1ccccc1-c1ncc(-c2nccn2[C@@H]2CN[C@@H](CO)C2)cn1.Cl. The van der Waals surface area contributed by atoms with E-state index in [-0.39, 0.29) is 31.1 Å². The molecule has 0 saturated carbocycles. The van der Waals surface area contributed by atoms with Crippen LogP contribution in [0.5, 0.6) is 5.75 Å². The van der Waals surface area contributed by atoms with Crippen molar-refractivity contribution in [2.75, 3.05) is 20.3 Å². The lowest BCUT2D eigenvalue weighted by molar-refractivity contribution is 0.253. The van der Waals surface area contributed by atoms with E-state index >= 15 is 0 Å². The van der Waals surface area contributed by atoms with Crippen molar-refractivity contribution in [1.29, 1.82) is 0 Å². The molecule has 1 aliphatic heterocycles. The molecule has 0 spiro atoms. The number of nitrogens with one attached hydrogen (secondary N) is 1. The number of aliphatic hydroxyl groups excluding tert-OH is 1. The van der Waals surface area contributed by atoms with Crippen LogP contribution in [0.15, 0.2) is 49.1 Å². The van der Waals surface area contributed by atoms with Crippen LogP contribution in [-0.2, 0) is 0 Å². The van der Waals surface area contributed by atoms with E-state index in [9.17, 15) is 5.11 Å². The number of nitrogens with zero attached hydrogens (tertiary/aromatic N) is 4. The molecule has 142 valence electrons. The van der Waals surface area contributed by atoms with E-state index in [0.717, 1.165) is 35.7 Å². The molecule has 7 nitrogen and oxygen atoms in total. The van der Waals surface area contributed by atoms with Crippen molar-refractivity contribution < 1.29 is 9.84 Å². The highest BCUT2D eigenvalue weighted by molar-refractivity contribution is 5.85. The summed E-state index contributed by atoms with van der Waals surface area (Å²) in [5.41, 5.74) is 1.72. The molecule has 3 heterocycles. The van der Waals surface area contributed by atoms with E-state index in [1.54, 1.807) is 25.7 Å². The summed E-state index contributed by atoms with van der Waals surface area (Å²) in [6, 6.07) is 8.09. The van der Waals surface area contributed by atoms with E-state index in [2.05, 4.69) is 24.8 Å². The van der Waals surface area contributed by atoms with Crippen molar-refractivity contribution in [2.24, 2.45) is 0 Å². The predicted molar refractivity (Wildman–Crippen MR) is 105 cm³/mol. The smallest absolute Gasteiger partial charge is 0.162 e. The molecule has 1 aromatic carbocycles. The van der Waals surface area contributed by atoms with Crippen LogP contribution in [0.3, 0.4) is 0 Å². The number of imidazole rings is 1. The molecule has 1 aliphatic rings. The van der Waals surface area contributed by atoms with Gasteiger partial charge in [0.25, 0.3) is 0 Å². The maximum atomic E-state index is 9.33. The third-order valence-electron chi connectivity index (χ3n) is 4.74. The normalized spacial score (nSPS) is 18.9. The van der Waals surface area contributed by atoms with E-state index in [0.29, 0.717) is 5.82 Å². The topological polar surface area (TPSA) is 85.1 Å². The summed E-state index contributed by atoms with van der Waals surface area (Å²) in [7, 11) is 1.64. The van der Waals surface area contributed by atoms with Crippen molar-refractivity contribution in [2.45, 2.75) is 18.5 Å². The van der Waals surface area contributed by atoms with Gasteiger partial charge in [0.05, 0.1) is 24.8 Å². The first-order valence-corrected chi connectivity index (χ1v) is 8.63. The molecule has 8 heteroatoms. The van der Waals surface area contributed by atoms with Gasteiger partial charge in [0.15, 0.2) is 5.82 Å². The number of rotatable bonds is 5. The summed E-state index contributed by atoms with van der Waals surface area (Å²) >= 11 is 0. The summed E-state index contributed by atoms with van der Waals surface area (Å²) in [5, 5.41) is 12.7. The fourth-order valence-electron chi connectivity index (χ4n) is 3.39. The number of para-hydroxylation sites is 1. The minimum Gasteiger partial charge on any atom is -0.496 e. The van der Waals surface area contributed by atoms with Crippen molar-refractivity contribution in [3.63, 3.8) is 0 Å². The lowest BCUT2D eigenvalue weighted by atomic mass is 10.1. The summed E-state index contributed by atoms with van der Waals surface area (Å²) in [6.07, 6.45) is 8.21. The molecule has 1 saturated heterocycles. The highest BCUT2D eigenvalue weighted by atomic mass is 35.5. The van der Waals surface area contributed by atoms with Crippen LogP contribution in [0.4, 0.5) is 0 Å². The van der Waals surface area contributed by atoms with Gasteiger partial charge in [-0.25, -0.2) is 15.0 Å². The fourth-order valence-corrected chi connectivity index (χ4v) is 3.39. The first-order valence-electron chi connectivity index (χ1n) is 8.63. The Kier molecular flexibility index (Phi) is 6.05. The minimum atomic E-state index is 0. The fraction of sp³-hybridized carbons (Fsp3) is 0.316. The molecule has 3 aromatic rings. The van der Waals surface area contributed by atoms with E-state index < -0.39 is 0 Å². The zero-order valence-corrected chi connectivity index (χ0v) is 15.8. The zero-order chi connectivity index (χ0) is 17.9. The molecular weight excluding hydrogens is 366 g/mol. The predicted octanol–water partition coefficient (Wildman–Crippen LogP) is 2.33. The Morgan fingerprint density at radius 2 is 2.00 bits per heavy atom. The van der Waals surface area contributed by atoms with Crippen LogP contribution >= 0.6 is 12.4 Å². The van der Waals surface area contributed by atoms with Gasteiger partial charge < -0.3 is 19.7 Å². The van der Waals surface area contributed by atoms with Gasteiger partial charge >= 0.3 is 0 Å². The average molecular weight is 388 g/mol. The van der Waals surface area contributed by atoms with Crippen molar-refractivity contribution >= 4 is 12.4 Å². The van der Waals surface area contributed by atoms with Gasteiger partial charge in [-0.3, -0.25) is 0 Å². The van der Waals surface area contributed by atoms with Gasteiger partial charge in [0.2, 0.25) is 0 Å². The maximum Gasteiger partial charge on any atom is 0.162 e. The quantitative estimate of drug-likeness (QED) is 0.699. The van der Waals surface area contributed by atoms with Gasteiger partial charge in [-0.1, -0.05) is 12.1 Å². The number of methoxy groups -OCH3 is 1. The Hall–Kier alpha value is -2.48. The van der Waals surface area contributed by atoms with Gasteiger partial charge in [0, 0.05) is 43.4 Å². The molecule has 0 aliphatic carbocycles. The van der Waals surface area contributed by atoms with Crippen molar-refractivity contribution in [3.8, 4) is 28.5 Å². The van der Waals surface area contributed by atoms with Crippen molar-refractivity contribution in [1.82, 2.24) is 24.8 Å².